The van der Waals surface area contributed by atoms with Crippen molar-refractivity contribution in [2.45, 2.75) is 25.8 Å². The van der Waals surface area contributed by atoms with Crippen molar-refractivity contribution in [3.05, 3.63) is 0 Å². The summed E-state index contributed by atoms with van der Waals surface area (Å²) in [6, 6.07) is 0.248. The van der Waals surface area contributed by atoms with E-state index in [4.69, 9.17) is 10.8 Å². The van der Waals surface area contributed by atoms with Crippen LogP contribution in [0.2, 0.25) is 0 Å². The molecule has 1 saturated heterocycles. The molecular weight excluding hydrogens is 222 g/mol. The van der Waals surface area contributed by atoms with Gasteiger partial charge in [0, 0.05) is 25.6 Å². The van der Waals surface area contributed by atoms with Crippen molar-refractivity contribution in [2.24, 2.45) is 11.7 Å². The largest absolute Gasteiger partial charge is 0.481 e. The van der Waals surface area contributed by atoms with Gasteiger partial charge in [-0.25, -0.2) is 0 Å². The molecule has 17 heavy (non-hydrogen) atoms. The number of hydrogen-bond donors (Lipinski definition) is 3. The Hall–Kier alpha value is -1.14. The zero-order valence-corrected chi connectivity index (χ0v) is 10.2. The highest BCUT2D eigenvalue weighted by atomic mass is 16.4. The first-order valence-corrected chi connectivity index (χ1v) is 5.97. The second-order valence-electron chi connectivity index (χ2n) is 4.61. The Morgan fingerprint density at radius 2 is 2.18 bits per heavy atom. The van der Waals surface area contributed by atoms with E-state index in [1.54, 1.807) is 0 Å². The highest BCUT2D eigenvalue weighted by Gasteiger charge is 2.28. The van der Waals surface area contributed by atoms with Gasteiger partial charge in [0.25, 0.3) is 0 Å². The van der Waals surface area contributed by atoms with Gasteiger partial charge in [-0.05, 0) is 18.9 Å². The van der Waals surface area contributed by atoms with Crippen molar-refractivity contribution in [3.63, 3.8) is 0 Å². The predicted molar refractivity (Wildman–Crippen MR) is 63.5 cm³/mol. The van der Waals surface area contributed by atoms with Crippen molar-refractivity contribution in [2.75, 3.05) is 26.2 Å². The molecule has 2 atom stereocenters. The Labute approximate surface area is 101 Å². The third kappa shape index (κ3) is 5.14. The van der Waals surface area contributed by atoms with Gasteiger partial charge in [-0.1, -0.05) is 6.92 Å². The maximum absolute atomic E-state index is 10.9. The molecule has 1 rings (SSSR count). The number of carboxylic acid groups (broad SMARTS) is 1. The van der Waals surface area contributed by atoms with Crippen LogP contribution in [0.5, 0.6) is 0 Å². The van der Waals surface area contributed by atoms with Gasteiger partial charge in [0.2, 0.25) is 5.91 Å². The Morgan fingerprint density at radius 3 is 2.71 bits per heavy atom. The number of likely N-dealkylation sites (N-methyl/N-ethyl adjacent to an activating group) is 1. The first-order chi connectivity index (χ1) is 8.01. The minimum Gasteiger partial charge on any atom is -0.481 e. The van der Waals surface area contributed by atoms with Crippen LogP contribution in [-0.2, 0) is 9.59 Å². The molecule has 98 valence electrons. The van der Waals surface area contributed by atoms with Gasteiger partial charge in [-0.15, -0.1) is 0 Å². The maximum atomic E-state index is 10.9. The molecule has 6 heteroatoms. The molecule has 4 N–H and O–H groups in total. The number of hydrogen-bond acceptors (Lipinski definition) is 4. The van der Waals surface area contributed by atoms with E-state index in [0.29, 0.717) is 6.54 Å². The number of rotatable bonds is 6. The lowest BCUT2D eigenvalue weighted by Gasteiger charge is -2.37. The van der Waals surface area contributed by atoms with Crippen LogP contribution in [-0.4, -0.2) is 54.1 Å². The average molecular weight is 243 g/mol. The quantitative estimate of drug-likeness (QED) is 0.570. The molecule has 6 nitrogen and oxygen atoms in total. The van der Waals surface area contributed by atoms with E-state index >= 15 is 0 Å². The lowest BCUT2D eigenvalue weighted by Crippen LogP contribution is -2.51. The Balaban J connectivity index is 2.55. The maximum Gasteiger partial charge on any atom is 0.303 e. The molecule has 1 aliphatic rings. The third-order valence-corrected chi connectivity index (χ3v) is 2.95. The van der Waals surface area contributed by atoms with Crippen molar-refractivity contribution in [3.8, 4) is 0 Å². The number of carboxylic acids is 1. The van der Waals surface area contributed by atoms with Crippen LogP contribution in [0.25, 0.3) is 0 Å². The number of nitrogens with two attached hydrogens (primary N) is 1. The van der Waals surface area contributed by atoms with Crippen LogP contribution in [0.1, 0.15) is 19.8 Å². The molecule has 1 heterocycles. The molecule has 0 bridgehead atoms. The minimum atomic E-state index is -0.786. The number of amides is 1. The SMILES string of the molecule is CCNC1CC(CC(=O)O)CN(CC(N)=O)C1. The van der Waals surface area contributed by atoms with Gasteiger partial charge in [0.05, 0.1) is 6.54 Å². The standard InChI is InChI=1S/C11H21N3O3/c1-2-13-9-3-8(4-11(16)17)5-14(6-9)7-10(12)15/h8-9,13H,2-7H2,1H3,(H2,12,15)(H,16,17). The molecule has 0 saturated carbocycles. The number of nitrogens with one attached hydrogen (secondary N) is 1. The van der Waals surface area contributed by atoms with Gasteiger partial charge >= 0.3 is 5.97 Å². The van der Waals surface area contributed by atoms with Gasteiger partial charge in [0.1, 0.15) is 0 Å². The number of nitrogens with zero attached hydrogens (tertiary/aromatic N) is 1. The van der Waals surface area contributed by atoms with Crippen molar-refractivity contribution >= 4 is 11.9 Å². The summed E-state index contributed by atoms with van der Waals surface area (Å²) in [6.45, 7) is 4.45. The normalized spacial score (nSPS) is 25.7. The van der Waals surface area contributed by atoms with E-state index in [1.165, 1.54) is 0 Å². The van der Waals surface area contributed by atoms with Crippen LogP contribution in [0.4, 0.5) is 0 Å². The molecule has 0 aromatic rings. The van der Waals surface area contributed by atoms with Crippen molar-refractivity contribution < 1.29 is 14.7 Å². The van der Waals surface area contributed by atoms with Crippen LogP contribution >= 0.6 is 0 Å². The van der Waals surface area contributed by atoms with Crippen molar-refractivity contribution in [1.82, 2.24) is 10.2 Å². The first-order valence-electron chi connectivity index (χ1n) is 5.97. The number of carbonyl (C=O) groups excluding carboxylic acids is 1. The third-order valence-electron chi connectivity index (χ3n) is 2.95. The van der Waals surface area contributed by atoms with E-state index in [0.717, 1.165) is 19.5 Å². The molecule has 1 amide bonds. The van der Waals surface area contributed by atoms with E-state index in [-0.39, 0.29) is 30.8 Å². The van der Waals surface area contributed by atoms with Gasteiger partial charge in [-0.3, -0.25) is 14.5 Å². The lowest BCUT2D eigenvalue weighted by molar-refractivity contribution is -0.138. The smallest absolute Gasteiger partial charge is 0.303 e. The fraction of sp³-hybridized carbons (Fsp3) is 0.818. The summed E-state index contributed by atoms with van der Waals surface area (Å²) in [7, 11) is 0. The number of primary amides is 1. The summed E-state index contributed by atoms with van der Waals surface area (Å²) in [6.07, 6.45) is 0.993. The first kappa shape index (κ1) is 13.9. The molecule has 1 fully saturated rings. The van der Waals surface area contributed by atoms with E-state index < -0.39 is 5.97 Å². The van der Waals surface area contributed by atoms with Crippen LogP contribution < -0.4 is 11.1 Å². The lowest BCUT2D eigenvalue weighted by atomic mass is 9.91. The van der Waals surface area contributed by atoms with Crippen molar-refractivity contribution in [1.29, 1.82) is 0 Å². The van der Waals surface area contributed by atoms with Gasteiger partial charge in [-0.2, -0.15) is 0 Å². The predicted octanol–water partition coefficient (Wildman–Crippen LogP) is -0.754. The molecular formula is C11H21N3O3. The van der Waals surface area contributed by atoms with Crippen LogP contribution in [0, 0.1) is 5.92 Å². The molecule has 0 radical (unpaired) electrons. The molecule has 0 spiro atoms. The summed E-state index contributed by atoms with van der Waals surface area (Å²) in [5.74, 6) is -1.06. The highest BCUT2D eigenvalue weighted by Crippen LogP contribution is 2.19. The summed E-state index contributed by atoms with van der Waals surface area (Å²) in [5, 5.41) is 12.1. The summed E-state index contributed by atoms with van der Waals surface area (Å²) >= 11 is 0. The fourth-order valence-electron chi connectivity index (χ4n) is 2.48. The second kappa shape index (κ2) is 6.56. The Morgan fingerprint density at radius 1 is 1.47 bits per heavy atom. The molecule has 2 unspecified atom stereocenters. The molecule has 0 aromatic heterocycles. The second-order valence-corrected chi connectivity index (χ2v) is 4.61. The number of piperidine rings is 1. The zero-order valence-electron chi connectivity index (χ0n) is 10.2. The zero-order chi connectivity index (χ0) is 12.8. The Kier molecular flexibility index (Phi) is 5.37. The summed E-state index contributed by atoms with van der Waals surface area (Å²) in [5.41, 5.74) is 5.17. The summed E-state index contributed by atoms with van der Waals surface area (Å²) in [4.78, 5) is 23.6. The fourth-order valence-corrected chi connectivity index (χ4v) is 2.48. The average Bonchev–Trinajstić information content (AvgIpc) is 2.14. The van der Waals surface area contributed by atoms with Crippen LogP contribution in [0.15, 0.2) is 0 Å². The van der Waals surface area contributed by atoms with Gasteiger partial charge < -0.3 is 16.2 Å². The van der Waals surface area contributed by atoms with Crippen LogP contribution in [0.3, 0.4) is 0 Å². The van der Waals surface area contributed by atoms with E-state index in [2.05, 4.69) is 5.32 Å². The highest BCUT2D eigenvalue weighted by molar-refractivity contribution is 5.76. The molecule has 1 aliphatic heterocycles. The topological polar surface area (TPSA) is 95.7 Å². The van der Waals surface area contributed by atoms with Gasteiger partial charge in [0.15, 0.2) is 0 Å². The Bertz CT molecular complexity index is 259. The minimum absolute atomic E-state index is 0.0876. The summed E-state index contributed by atoms with van der Waals surface area (Å²) < 4.78 is 0. The molecule has 0 aromatic carbocycles. The number of likely N-dealkylation sites (tertiary alicyclic amines) is 1. The monoisotopic (exact) mass is 243 g/mol. The van der Waals surface area contributed by atoms with E-state index in [9.17, 15) is 9.59 Å². The van der Waals surface area contributed by atoms with E-state index in [1.807, 2.05) is 11.8 Å². The number of carbonyl (C=O) groups is 2. The molecule has 0 aliphatic carbocycles. The number of aliphatic carboxylic acids is 1.